The lowest BCUT2D eigenvalue weighted by molar-refractivity contribution is 0.0697. The van der Waals surface area contributed by atoms with Crippen LogP contribution in [0.2, 0.25) is 0 Å². The summed E-state index contributed by atoms with van der Waals surface area (Å²) in [5, 5.41) is 19.3. The molecule has 0 spiro atoms. The van der Waals surface area contributed by atoms with Crippen molar-refractivity contribution < 1.29 is 14.6 Å². The van der Waals surface area contributed by atoms with E-state index in [0.717, 1.165) is 0 Å². The first-order chi connectivity index (χ1) is 9.11. The van der Waals surface area contributed by atoms with Gasteiger partial charge in [0.2, 0.25) is 0 Å². The van der Waals surface area contributed by atoms with E-state index in [1.54, 1.807) is 12.1 Å². The summed E-state index contributed by atoms with van der Waals surface area (Å²) in [6.45, 7) is 0. The second-order valence-electron chi connectivity index (χ2n) is 3.66. The summed E-state index contributed by atoms with van der Waals surface area (Å²) in [5.41, 5.74) is 5.98. The summed E-state index contributed by atoms with van der Waals surface area (Å²) in [7, 11) is 1.54. The minimum Gasteiger partial charge on any atom is -0.495 e. The minimum atomic E-state index is -1.16. The van der Waals surface area contributed by atoms with Crippen molar-refractivity contribution in [3.63, 3.8) is 0 Å². The molecule has 1 heterocycles. The van der Waals surface area contributed by atoms with Gasteiger partial charge in [-0.15, -0.1) is 10.2 Å². The number of nitrogens with one attached hydrogen (secondary N) is 1. The third kappa shape index (κ3) is 2.71. The van der Waals surface area contributed by atoms with Crippen molar-refractivity contribution in [1.29, 1.82) is 0 Å². The largest absolute Gasteiger partial charge is 0.495 e. The van der Waals surface area contributed by atoms with E-state index in [1.807, 2.05) is 12.1 Å². The molecule has 0 saturated heterocycles. The van der Waals surface area contributed by atoms with Crippen LogP contribution in [-0.4, -0.2) is 28.4 Å². The first-order valence-electron chi connectivity index (χ1n) is 5.38. The maximum atomic E-state index is 10.9. The molecule has 2 aromatic rings. The van der Waals surface area contributed by atoms with Gasteiger partial charge in [0.15, 0.2) is 11.6 Å². The predicted octanol–water partition coefficient (Wildman–Crippen LogP) is 1.51. The zero-order chi connectivity index (χ0) is 13.8. The maximum Gasteiger partial charge on any atom is 0.339 e. The first kappa shape index (κ1) is 12.6. The van der Waals surface area contributed by atoms with E-state index in [-0.39, 0.29) is 17.2 Å². The van der Waals surface area contributed by atoms with Gasteiger partial charge >= 0.3 is 5.97 Å². The fourth-order valence-electron chi connectivity index (χ4n) is 1.52. The Bertz CT molecular complexity index is 616. The summed E-state index contributed by atoms with van der Waals surface area (Å²) >= 11 is 0. The fourth-order valence-corrected chi connectivity index (χ4v) is 1.52. The van der Waals surface area contributed by atoms with Gasteiger partial charge in [0.25, 0.3) is 0 Å². The molecule has 2 rings (SSSR count). The van der Waals surface area contributed by atoms with E-state index in [4.69, 9.17) is 15.6 Å². The van der Waals surface area contributed by atoms with Gasteiger partial charge < -0.3 is 20.9 Å². The molecule has 0 radical (unpaired) electrons. The number of para-hydroxylation sites is 2. The van der Waals surface area contributed by atoms with E-state index in [0.29, 0.717) is 11.4 Å². The smallest absolute Gasteiger partial charge is 0.339 e. The number of nitrogen functional groups attached to an aromatic ring is 1. The van der Waals surface area contributed by atoms with Crippen LogP contribution in [-0.2, 0) is 0 Å². The number of hydrogen-bond acceptors (Lipinski definition) is 6. The number of carboxylic acid groups (broad SMARTS) is 1. The van der Waals surface area contributed by atoms with Gasteiger partial charge in [-0.3, -0.25) is 0 Å². The average Bonchev–Trinajstić information content (AvgIpc) is 2.41. The second-order valence-corrected chi connectivity index (χ2v) is 3.66. The van der Waals surface area contributed by atoms with Crippen LogP contribution in [0.4, 0.5) is 17.3 Å². The van der Waals surface area contributed by atoms with Gasteiger partial charge in [-0.05, 0) is 12.1 Å². The summed E-state index contributed by atoms with van der Waals surface area (Å²) in [5.74, 6) is -0.400. The lowest BCUT2D eigenvalue weighted by atomic mass is 10.2. The number of carboxylic acids is 1. The third-order valence-corrected chi connectivity index (χ3v) is 2.42. The van der Waals surface area contributed by atoms with Crippen LogP contribution >= 0.6 is 0 Å². The number of rotatable bonds is 4. The lowest BCUT2D eigenvalue weighted by Crippen LogP contribution is -2.08. The highest BCUT2D eigenvalue weighted by Crippen LogP contribution is 2.26. The maximum absolute atomic E-state index is 10.9. The van der Waals surface area contributed by atoms with Gasteiger partial charge in [0, 0.05) is 6.07 Å². The summed E-state index contributed by atoms with van der Waals surface area (Å²) in [4.78, 5) is 10.9. The number of methoxy groups -OCH3 is 1. The van der Waals surface area contributed by atoms with Crippen LogP contribution in [0.25, 0.3) is 0 Å². The standard InChI is InChI=1S/C12H12N4O3/c1-19-9-5-3-2-4-8(9)14-10-6-7(12(17)18)11(13)16-15-10/h2-6H,1H3,(H2,13,16)(H,14,15)(H,17,18). The Kier molecular flexibility index (Phi) is 3.46. The number of aromatic carboxylic acids is 1. The molecule has 0 atom stereocenters. The molecule has 0 aliphatic heterocycles. The number of nitrogens with two attached hydrogens (primary N) is 1. The van der Waals surface area contributed by atoms with E-state index in [9.17, 15) is 4.79 Å². The normalized spacial score (nSPS) is 9.95. The number of anilines is 3. The lowest BCUT2D eigenvalue weighted by Gasteiger charge is -2.10. The van der Waals surface area contributed by atoms with E-state index < -0.39 is 5.97 Å². The molecule has 4 N–H and O–H groups in total. The van der Waals surface area contributed by atoms with Gasteiger partial charge in [0.05, 0.1) is 12.8 Å². The SMILES string of the molecule is COc1ccccc1Nc1cc(C(=O)O)c(N)nn1. The molecule has 19 heavy (non-hydrogen) atoms. The van der Waals surface area contributed by atoms with Crippen molar-refractivity contribution in [2.75, 3.05) is 18.2 Å². The molecule has 0 unspecified atom stereocenters. The first-order valence-corrected chi connectivity index (χ1v) is 5.38. The number of aromatic nitrogens is 2. The van der Waals surface area contributed by atoms with Crippen molar-refractivity contribution in [2.24, 2.45) is 0 Å². The van der Waals surface area contributed by atoms with Crippen molar-refractivity contribution in [3.8, 4) is 5.75 Å². The third-order valence-electron chi connectivity index (χ3n) is 2.42. The van der Waals surface area contributed by atoms with Crippen molar-refractivity contribution in [3.05, 3.63) is 35.9 Å². The Morgan fingerprint density at radius 3 is 2.79 bits per heavy atom. The van der Waals surface area contributed by atoms with Crippen molar-refractivity contribution in [1.82, 2.24) is 10.2 Å². The summed E-state index contributed by atoms with van der Waals surface area (Å²) < 4.78 is 5.17. The van der Waals surface area contributed by atoms with Crippen LogP contribution in [0.15, 0.2) is 30.3 Å². The van der Waals surface area contributed by atoms with E-state index in [1.165, 1.54) is 13.2 Å². The highest BCUT2D eigenvalue weighted by molar-refractivity contribution is 5.93. The molecule has 0 fully saturated rings. The number of benzene rings is 1. The highest BCUT2D eigenvalue weighted by Gasteiger charge is 2.12. The van der Waals surface area contributed by atoms with Crippen molar-refractivity contribution in [2.45, 2.75) is 0 Å². The molecule has 0 bridgehead atoms. The second kappa shape index (κ2) is 5.21. The van der Waals surface area contributed by atoms with Crippen LogP contribution < -0.4 is 15.8 Å². The van der Waals surface area contributed by atoms with E-state index in [2.05, 4.69) is 15.5 Å². The topological polar surface area (TPSA) is 110 Å². The van der Waals surface area contributed by atoms with Crippen LogP contribution in [0.1, 0.15) is 10.4 Å². The zero-order valence-electron chi connectivity index (χ0n) is 10.1. The van der Waals surface area contributed by atoms with Gasteiger partial charge in [-0.25, -0.2) is 4.79 Å². The molecule has 0 aliphatic rings. The Labute approximate surface area is 109 Å². The molecule has 7 heteroatoms. The predicted molar refractivity (Wildman–Crippen MR) is 69.7 cm³/mol. The van der Waals surface area contributed by atoms with Crippen LogP contribution in [0.5, 0.6) is 5.75 Å². The molecule has 7 nitrogen and oxygen atoms in total. The molecule has 1 aromatic carbocycles. The Morgan fingerprint density at radius 2 is 2.11 bits per heavy atom. The number of carbonyl (C=O) groups is 1. The summed E-state index contributed by atoms with van der Waals surface area (Å²) in [6.07, 6.45) is 0. The number of nitrogens with zero attached hydrogens (tertiary/aromatic N) is 2. The number of hydrogen-bond donors (Lipinski definition) is 3. The molecular weight excluding hydrogens is 248 g/mol. The Hall–Kier alpha value is -2.83. The number of ether oxygens (including phenoxy) is 1. The summed E-state index contributed by atoms with van der Waals surface area (Å²) in [6, 6.07) is 8.49. The molecule has 98 valence electrons. The molecule has 0 amide bonds. The minimum absolute atomic E-state index is 0.104. The van der Waals surface area contributed by atoms with Gasteiger partial charge in [0.1, 0.15) is 11.3 Å². The highest BCUT2D eigenvalue weighted by atomic mass is 16.5. The Morgan fingerprint density at radius 1 is 1.37 bits per heavy atom. The van der Waals surface area contributed by atoms with Gasteiger partial charge in [-0.2, -0.15) is 0 Å². The zero-order valence-corrected chi connectivity index (χ0v) is 10.1. The quantitative estimate of drug-likeness (QED) is 0.764. The molecular formula is C12H12N4O3. The average molecular weight is 260 g/mol. The van der Waals surface area contributed by atoms with Gasteiger partial charge in [-0.1, -0.05) is 12.1 Å². The van der Waals surface area contributed by atoms with Crippen LogP contribution in [0, 0.1) is 0 Å². The Balaban J connectivity index is 2.33. The molecule has 0 aliphatic carbocycles. The van der Waals surface area contributed by atoms with Crippen molar-refractivity contribution >= 4 is 23.3 Å². The molecule has 1 aromatic heterocycles. The van der Waals surface area contributed by atoms with Crippen LogP contribution in [0.3, 0.4) is 0 Å². The molecule has 0 saturated carbocycles. The fraction of sp³-hybridized carbons (Fsp3) is 0.0833. The monoisotopic (exact) mass is 260 g/mol. The van der Waals surface area contributed by atoms with E-state index >= 15 is 0 Å².